The van der Waals surface area contributed by atoms with E-state index in [1.807, 2.05) is 71.6 Å². The lowest BCUT2D eigenvalue weighted by Gasteiger charge is -2.34. The second-order valence-electron chi connectivity index (χ2n) is 8.62. The summed E-state index contributed by atoms with van der Waals surface area (Å²) in [4.78, 5) is 29.6. The molecular formula is C28H32N4O2. The molecule has 6 heteroatoms. The van der Waals surface area contributed by atoms with Crippen LogP contribution < -0.4 is 10.2 Å². The first-order valence-corrected chi connectivity index (χ1v) is 11.8. The lowest BCUT2D eigenvalue weighted by Crippen LogP contribution is -2.50. The van der Waals surface area contributed by atoms with Crippen molar-refractivity contribution in [3.8, 4) is 0 Å². The third-order valence-corrected chi connectivity index (χ3v) is 5.98. The Morgan fingerprint density at radius 1 is 0.618 bits per heavy atom. The van der Waals surface area contributed by atoms with Gasteiger partial charge in [-0.05, 0) is 23.3 Å². The number of para-hydroxylation sites is 1. The summed E-state index contributed by atoms with van der Waals surface area (Å²) in [6.45, 7) is 6.11. The van der Waals surface area contributed by atoms with Gasteiger partial charge >= 0.3 is 0 Å². The van der Waals surface area contributed by atoms with Crippen LogP contribution in [0.15, 0.2) is 91.0 Å². The third kappa shape index (κ3) is 7.01. The highest BCUT2D eigenvalue weighted by molar-refractivity contribution is 5.95. The lowest BCUT2D eigenvalue weighted by atomic mass is 10.2. The predicted molar refractivity (Wildman–Crippen MR) is 135 cm³/mol. The van der Waals surface area contributed by atoms with E-state index in [0.29, 0.717) is 13.1 Å². The normalized spacial score (nSPS) is 17.0. The number of benzene rings is 3. The zero-order valence-electron chi connectivity index (χ0n) is 19.5. The zero-order valence-corrected chi connectivity index (χ0v) is 19.5. The summed E-state index contributed by atoms with van der Waals surface area (Å²) >= 11 is 0. The number of carbonyl (C=O) groups excluding carboxylic acids is 2. The summed E-state index contributed by atoms with van der Waals surface area (Å²) in [5.41, 5.74) is 3.52. The number of nitrogens with one attached hydrogen (secondary N) is 1. The first-order chi connectivity index (χ1) is 16.7. The molecule has 0 aromatic heterocycles. The van der Waals surface area contributed by atoms with Crippen LogP contribution in [0.5, 0.6) is 0 Å². The van der Waals surface area contributed by atoms with Crippen LogP contribution in [0.4, 0.5) is 5.69 Å². The van der Waals surface area contributed by atoms with Gasteiger partial charge < -0.3 is 10.2 Å². The third-order valence-electron chi connectivity index (χ3n) is 5.98. The minimum absolute atomic E-state index is 0.132. The van der Waals surface area contributed by atoms with Crippen LogP contribution in [0.1, 0.15) is 11.1 Å². The fraction of sp³-hybridized carbons (Fsp3) is 0.286. The van der Waals surface area contributed by atoms with Crippen molar-refractivity contribution >= 4 is 17.5 Å². The predicted octanol–water partition coefficient (Wildman–Crippen LogP) is 3.15. The van der Waals surface area contributed by atoms with E-state index in [1.165, 1.54) is 11.1 Å². The quantitative estimate of drug-likeness (QED) is 0.641. The van der Waals surface area contributed by atoms with Gasteiger partial charge in [-0.1, -0.05) is 78.9 Å². The molecule has 0 atom stereocenters. The minimum Gasteiger partial charge on any atom is -0.354 e. The Morgan fingerprint density at radius 3 is 1.68 bits per heavy atom. The van der Waals surface area contributed by atoms with E-state index < -0.39 is 0 Å². The molecule has 0 saturated carbocycles. The topological polar surface area (TPSA) is 55.9 Å². The van der Waals surface area contributed by atoms with Gasteiger partial charge in [-0.3, -0.25) is 19.4 Å². The molecule has 0 radical (unpaired) electrons. The van der Waals surface area contributed by atoms with Crippen molar-refractivity contribution in [3.63, 3.8) is 0 Å². The molecule has 6 nitrogen and oxygen atoms in total. The van der Waals surface area contributed by atoms with E-state index >= 15 is 0 Å². The maximum Gasteiger partial charge on any atom is 0.241 e. The summed E-state index contributed by atoms with van der Waals surface area (Å²) in [5.74, 6) is 0.311. The van der Waals surface area contributed by atoms with Crippen LogP contribution in [0, 0.1) is 0 Å². The summed E-state index contributed by atoms with van der Waals surface area (Å²) in [5, 5.41) is 2.82. The number of carbonyl (C=O) groups is 2. The van der Waals surface area contributed by atoms with Crippen LogP contribution in [0.2, 0.25) is 0 Å². The Bertz CT molecular complexity index is 1040. The second kappa shape index (κ2) is 12.1. The van der Waals surface area contributed by atoms with Crippen LogP contribution in [-0.2, 0) is 22.7 Å². The molecule has 0 bridgehead atoms. The second-order valence-corrected chi connectivity index (χ2v) is 8.62. The number of anilines is 1. The molecule has 176 valence electrons. The molecule has 5 rings (SSSR count). The average molecular weight is 457 g/mol. The zero-order chi connectivity index (χ0) is 23.6. The summed E-state index contributed by atoms with van der Waals surface area (Å²) in [7, 11) is 0. The maximum atomic E-state index is 12.3. The Morgan fingerprint density at radius 2 is 1.15 bits per heavy atom. The van der Waals surface area contributed by atoms with Gasteiger partial charge in [-0.2, -0.15) is 0 Å². The molecule has 2 fully saturated rings. The minimum atomic E-state index is 0.132. The van der Waals surface area contributed by atoms with Gasteiger partial charge in [0.15, 0.2) is 0 Å². The van der Waals surface area contributed by atoms with Gasteiger partial charge in [-0.25, -0.2) is 0 Å². The van der Waals surface area contributed by atoms with E-state index in [1.54, 1.807) is 0 Å². The molecule has 1 N–H and O–H groups in total. The van der Waals surface area contributed by atoms with E-state index in [4.69, 9.17) is 0 Å². The summed E-state index contributed by atoms with van der Waals surface area (Å²) < 4.78 is 0. The molecule has 0 aliphatic carbocycles. The van der Waals surface area contributed by atoms with Crippen molar-refractivity contribution in [1.29, 1.82) is 0 Å². The van der Waals surface area contributed by atoms with Crippen molar-refractivity contribution in [3.05, 3.63) is 102 Å². The molecule has 3 aromatic rings. The fourth-order valence-electron chi connectivity index (χ4n) is 4.25. The smallest absolute Gasteiger partial charge is 0.241 e. The van der Waals surface area contributed by atoms with Gasteiger partial charge in [-0.15, -0.1) is 0 Å². The molecule has 0 unspecified atom stereocenters. The Kier molecular flexibility index (Phi) is 8.43. The Balaban J connectivity index is 0.000000172. The van der Waals surface area contributed by atoms with Gasteiger partial charge in [0, 0.05) is 45.0 Å². The Hall–Kier alpha value is -3.48. The molecular weight excluding hydrogens is 424 g/mol. The molecule has 2 aliphatic heterocycles. The monoisotopic (exact) mass is 456 g/mol. The van der Waals surface area contributed by atoms with E-state index in [2.05, 4.69) is 39.4 Å². The summed E-state index contributed by atoms with van der Waals surface area (Å²) in [6.07, 6.45) is 0. The maximum absolute atomic E-state index is 12.3. The highest BCUT2D eigenvalue weighted by atomic mass is 16.2. The SMILES string of the molecule is O=C1CN(Cc2ccccc2)CCN1.O=C1CN(Cc2ccccc2)CCN1c1ccccc1. The average Bonchev–Trinajstić information content (AvgIpc) is 2.86. The van der Waals surface area contributed by atoms with Gasteiger partial charge in [0.2, 0.25) is 11.8 Å². The number of hydrogen-bond donors (Lipinski definition) is 1. The number of nitrogens with zero attached hydrogens (tertiary/aromatic N) is 3. The molecule has 34 heavy (non-hydrogen) atoms. The van der Waals surface area contributed by atoms with Crippen molar-refractivity contribution in [2.75, 3.05) is 44.2 Å². The largest absolute Gasteiger partial charge is 0.354 e. The van der Waals surface area contributed by atoms with Crippen molar-refractivity contribution in [1.82, 2.24) is 15.1 Å². The number of rotatable bonds is 5. The van der Waals surface area contributed by atoms with Crippen LogP contribution in [-0.4, -0.2) is 60.9 Å². The fourth-order valence-corrected chi connectivity index (χ4v) is 4.25. The van der Waals surface area contributed by atoms with E-state index in [9.17, 15) is 9.59 Å². The highest BCUT2D eigenvalue weighted by Gasteiger charge is 2.24. The van der Waals surface area contributed by atoms with Crippen molar-refractivity contribution in [2.24, 2.45) is 0 Å². The van der Waals surface area contributed by atoms with E-state index in [-0.39, 0.29) is 11.8 Å². The van der Waals surface area contributed by atoms with Crippen molar-refractivity contribution in [2.45, 2.75) is 13.1 Å². The highest BCUT2D eigenvalue weighted by Crippen LogP contribution is 2.17. The standard InChI is InChI=1S/C17H18N2O.C11H14N2O/c20-17-14-18(13-15-7-3-1-4-8-15)11-12-19(17)16-9-5-2-6-10-16;14-11-9-13(7-6-12-11)8-10-4-2-1-3-5-10/h1-10H,11-14H2;1-5H,6-9H2,(H,12,14). The molecule has 3 aromatic carbocycles. The molecule has 2 saturated heterocycles. The molecule has 2 heterocycles. The lowest BCUT2D eigenvalue weighted by molar-refractivity contribution is -0.124. The first-order valence-electron chi connectivity index (χ1n) is 11.8. The van der Waals surface area contributed by atoms with Gasteiger partial charge in [0.05, 0.1) is 13.1 Å². The van der Waals surface area contributed by atoms with Crippen LogP contribution in [0.3, 0.4) is 0 Å². The van der Waals surface area contributed by atoms with E-state index in [0.717, 1.165) is 45.0 Å². The molecule has 2 amide bonds. The van der Waals surface area contributed by atoms with Gasteiger partial charge in [0.25, 0.3) is 0 Å². The molecule has 2 aliphatic rings. The number of piperazine rings is 2. The molecule has 0 spiro atoms. The summed E-state index contributed by atoms with van der Waals surface area (Å²) in [6, 6.07) is 30.4. The van der Waals surface area contributed by atoms with Crippen LogP contribution in [0.25, 0.3) is 0 Å². The number of hydrogen-bond acceptors (Lipinski definition) is 4. The first kappa shape index (κ1) is 23.7. The van der Waals surface area contributed by atoms with Crippen molar-refractivity contribution < 1.29 is 9.59 Å². The Labute approximate surface area is 201 Å². The van der Waals surface area contributed by atoms with Crippen LogP contribution >= 0.6 is 0 Å². The number of amides is 2. The van der Waals surface area contributed by atoms with Gasteiger partial charge in [0.1, 0.15) is 0 Å².